The Bertz CT molecular complexity index is 679. The van der Waals surface area contributed by atoms with Crippen LogP contribution < -0.4 is 0 Å². The van der Waals surface area contributed by atoms with E-state index in [2.05, 4.69) is 27.8 Å². The van der Waals surface area contributed by atoms with Crippen LogP contribution in [0.2, 0.25) is 0 Å². The van der Waals surface area contributed by atoms with Gasteiger partial charge in [0, 0.05) is 5.56 Å². The quantitative estimate of drug-likeness (QED) is 0.383. The van der Waals surface area contributed by atoms with Crippen LogP contribution in [0.1, 0.15) is 28.4 Å². The number of thiol groups is 1. The normalized spacial score (nSPS) is 21.9. The van der Waals surface area contributed by atoms with E-state index in [0.717, 1.165) is 12.4 Å². The highest BCUT2D eigenvalue weighted by Gasteiger charge is 2.49. The van der Waals surface area contributed by atoms with Crippen LogP contribution in [0.15, 0.2) is 33.4 Å². The smallest absolute Gasteiger partial charge is 0.260 e. The van der Waals surface area contributed by atoms with Gasteiger partial charge in [0.05, 0.1) is 10.5 Å². The molecule has 2 unspecified atom stereocenters. The van der Waals surface area contributed by atoms with Gasteiger partial charge in [-0.15, -0.1) is 5.11 Å². The molecule has 1 aliphatic heterocycles. The van der Waals surface area contributed by atoms with Crippen LogP contribution in [0.3, 0.4) is 0 Å². The van der Waals surface area contributed by atoms with Crippen LogP contribution in [0.25, 0.3) is 0 Å². The number of nitro groups is 1. The van der Waals surface area contributed by atoms with E-state index in [1.54, 1.807) is 0 Å². The predicted octanol–water partition coefficient (Wildman–Crippen LogP) is 4.04. The Kier molecular flexibility index (Phi) is 4.37. The van der Waals surface area contributed by atoms with Crippen LogP contribution in [-0.4, -0.2) is 17.4 Å². The lowest BCUT2D eigenvalue weighted by atomic mass is 9.98. The number of hydrogen-bond donors (Lipinski definition) is 1. The molecule has 1 heterocycles. The van der Waals surface area contributed by atoms with Crippen molar-refractivity contribution in [1.82, 2.24) is 0 Å². The summed E-state index contributed by atoms with van der Waals surface area (Å²) in [7, 11) is 0. The molecule has 6 nitrogen and oxygen atoms in total. The summed E-state index contributed by atoms with van der Waals surface area (Å²) < 4.78 is 64.3. The molecule has 0 saturated carbocycles. The van der Waals surface area contributed by atoms with E-state index in [1.165, 1.54) is 0 Å². The summed E-state index contributed by atoms with van der Waals surface area (Å²) in [5, 5.41) is 15.1. The van der Waals surface area contributed by atoms with Crippen molar-refractivity contribution in [2.75, 3.05) is 0 Å². The number of alkyl halides is 5. The summed E-state index contributed by atoms with van der Waals surface area (Å²) in [4.78, 5) is 13.6. The summed E-state index contributed by atoms with van der Waals surface area (Å²) in [6.45, 7) is 0. The summed E-state index contributed by atoms with van der Waals surface area (Å²) >= 11 is 3.31. The van der Waals surface area contributed by atoms with Gasteiger partial charge in [-0.05, 0) is 17.7 Å². The first-order valence-corrected chi connectivity index (χ1v) is 6.38. The molecule has 124 valence electrons. The topological polar surface area (TPSA) is 80.2 Å². The highest BCUT2D eigenvalue weighted by atomic mass is 32.1. The zero-order valence-electron chi connectivity index (χ0n) is 10.9. The van der Waals surface area contributed by atoms with Gasteiger partial charge >= 0.3 is 12.0 Å². The molecule has 1 aromatic carbocycles. The standard InChI is InChI=1S/C11H7F5N4O2S/c12-9(13)6-2-1-5(3-7(6)8(23)10(14,15)16)11(20(21)22)17-4-18-19-11/h1-4,8-9,23H. The maximum Gasteiger partial charge on any atom is 0.457 e. The molecule has 0 N–H and O–H groups in total. The molecular weight excluding hydrogens is 347 g/mol. The van der Waals surface area contributed by atoms with Crippen LogP contribution in [-0.2, 0) is 5.79 Å². The fourth-order valence-corrected chi connectivity index (χ4v) is 2.18. The Morgan fingerprint density at radius 3 is 2.35 bits per heavy atom. The number of aliphatic imine (C=N–C) groups is 1. The number of rotatable bonds is 4. The minimum atomic E-state index is -4.92. The summed E-state index contributed by atoms with van der Waals surface area (Å²) in [5.74, 6) is -2.48. The lowest BCUT2D eigenvalue weighted by Gasteiger charge is -2.21. The van der Waals surface area contributed by atoms with Gasteiger partial charge in [0.15, 0.2) is 0 Å². The summed E-state index contributed by atoms with van der Waals surface area (Å²) in [5.41, 5.74) is -2.25. The molecule has 0 bridgehead atoms. The van der Waals surface area contributed by atoms with Crippen molar-refractivity contribution in [1.29, 1.82) is 0 Å². The second-order valence-corrected chi connectivity index (χ2v) is 4.96. The van der Waals surface area contributed by atoms with Crippen molar-refractivity contribution < 1.29 is 26.9 Å². The maximum absolute atomic E-state index is 12.9. The lowest BCUT2D eigenvalue weighted by molar-refractivity contribution is -0.575. The van der Waals surface area contributed by atoms with Crippen LogP contribution in [0.5, 0.6) is 0 Å². The molecule has 2 atom stereocenters. The van der Waals surface area contributed by atoms with E-state index in [0.29, 0.717) is 12.1 Å². The lowest BCUT2D eigenvalue weighted by Crippen LogP contribution is -2.30. The number of nitrogens with zero attached hydrogens (tertiary/aromatic N) is 4. The van der Waals surface area contributed by atoms with Crippen molar-refractivity contribution in [2.45, 2.75) is 23.6 Å². The van der Waals surface area contributed by atoms with Crippen LogP contribution in [0.4, 0.5) is 22.0 Å². The van der Waals surface area contributed by atoms with Crippen molar-refractivity contribution in [3.05, 3.63) is 45.0 Å². The van der Waals surface area contributed by atoms with E-state index in [-0.39, 0.29) is 0 Å². The molecule has 0 spiro atoms. The number of azo groups is 1. The van der Waals surface area contributed by atoms with E-state index in [1.807, 2.05) is 0 Å². The van der Waals surface area contributed by atoms with Crippen LogP contribution in [0, 0.1) is 10.1 Å². The molecular formula is C11H7F5N4O2S. The Labute approximate surface area is 130 Å². The third-order valence-corrected chi connectivity index (χ3v) is 3.63. The zero-order chi connectivity index (χ0) is 17.4. The molecule has 0 saturated heterocycles. The molecule has 1 aromatic rings. The first-order valence-electron chi connectivity index (χ1n) is 5.87. The first kappa shape index (κ1) is 17.2. The minimum Gasteiger partial charge on any atom is -0.260 e. The van der Waals surface area contributed by atoms with Gasteiger partial charge in [-0.3, -0.25) is 10.1 Å². The first-order chi connectivity index (χ1) is 10.6. The fourth-order valence-electron chi connectivity index (χ4n) is 1.96. The second kappa shape index (κ2) is 5.83. The molecule has 0 aromatic heterocycles. The third-order valence-electron chi connectivity index (χ3n) is 3.05. The highest BCUT2D eigenvalue weighted by molar-refractivity contribution is 7.80. The summed E-state index contributed by atoms with van der Waals surface area (Å²) in [6.07, 6.45) is -7.38. The average Bonchev–Trinajstić information content (AvgIpc) is 2.95. The Morgan fingerprint density at radius 1 is 1.26 bits per heavy atom. The van der Waals surface area contributed by atoms with E-state index >= 15 is 0 Å². The Morgan fingerprint density at radius 2 is 1.91 bits per heavy atom. The molecule has 23 heavy (non-hydrogen) atoms. The number of benzene rings is 1. The molecule has 0 aliphatic carbocycles. The van der Waals surface area contributed by atoms with E-state index in [4.69, 9.17) is 0 Å². The SMILES string of the molecule is O=[N+]([O-])C1(c2ccc(C(F)F)c(C(S)C(F)(F)F)c2)N=CN=N1. The largest absolute Gasteiger partial charge is 0.457 e. The van der Waals surface area contributed by atoms with Gasteiger partial charge in [-0.25, -0.2) is 8.78 Å². The van der Waals surface area contributed by atoms with Crippen LogP contribution >= 0.6 is 12.6 Å². The Balaban J connectivity index is 2.64. The van der Waals surface area contributed by atoms with E-state index < -0.39 is 45.3 Å². The van der Waals surface area contributed by atoms with Gasteiger partial charge in [-0.2, -0.15) is 30.8 Å². The fraction of sp³-hybridized carbons (Fsp3) is 0.364. The molecule has 0 amide bonds. The maximum atomic E-state index is 12.9. The highest BCUT2D eigenvalue weighted by Crippen LogP contribution is 2.43. The van der Waals surface area contributed by atoms with Gasteiger partial charge in [0.1, 0.15) is 11.6 Å². The monoisotopic (exact) mass is 354 g/mol. The molecule has 0 radical (unpaired) electrons. The van der Waals surface area contributed by atoms with Gasteiger partial charge in [0.25, 0.3) is 6.43 Å². The number of halogens is 5. The predicted molar refractivity (Wildman–Crippen MR) is 71.2 cm³/mol. The molecule has 0 fully saturated rings. The molecule has 12 heteroatoms. The zero-order valence-corrected chi connectivity index (χ0v) is 11.8. The minimum absolute atomic E-state index is 0.428. The van der Waals surface area contributed by atoms with E-state index in [9.17, 15) is 32.1 Å². The average molecular weight is 354 g/mol. The van der Waals surface area contributed by atoms with Crippen molar-refractivity contribution in [2.24, 2.45) is 15.2 Å². The molecule has 2 rings (SSSR count). The second-order valence-electron chi connectivity index (χ2n) is 4.44. The summed E-state index contributed by atoms with van der Waals surface area (Å²) in [6, 6.07) is 2.14. The van der Waals surface area contributed by atoms with Crippen molar-refractivity contribution in [3.63, 3.8) is 0 Å². The van der Waals surface area contributed by atoms with Gasteiger partial charge < -0.3 is 0 Å². The molecule has 1 aliphatic rings. The number of hydrogen-bond acceptors (Lipinski definition) is 6. The van der Waals surface area contributed by atoms with Gasteiger partial charge in [0.2, 0.25) is 0 Å². The van der Waals surface area contributed by atoms with Gasteiger partial charge in [-0.1, -0.05) is 11.2 Å². The third kappa shape index (κ3) is 3.02. The Hall–Kier alpha value is -2.11. The van der Waals surface area contributed by atoms with Crippen molar-refractivity contribution >= 4 is 19.0 Å². The van der Waals surface area contributed by atoms with Crippen molar-refractivity contribution in [3.8, 4) is 0 Å².